The number of aryl methyl sites for hydroxylation is 1. The largest absolute Gasteiger partial charge is 0.345 e. The van der Waals surface area contributed by atoms with Gasteiger partial charge < -0.3 is 19.8 Å². The minimum absolute atomic E-state index is 0.00318. The molecule has 0 fully saturated rings. The molecular formula is C26H31N5O2S. The average molecular weight is 478 g/mol. The molecule has 2 N–H and O–H groups in total. The van der Waals surface area contributed by atoms with E-state index in [0.717, 1.165) is 35.2 Å². The minimum Gasteiger partial charge on any atom is -0.345 e. The number of H-pyrrole nitrogens is 1. The molecule has 0 atom stereocenters. The van der Waals surface area contributed by atoms with E-state index in [4.69, 9.17) is 0 Å². The molecule has 0 spiro atoms. The maximum Gasteiger partial charge on any atom is 0.232 e. The molecule has 0 aliphatic heterocycles. The van der Waals surface area contributed by atoms with Gasteiger partial charge in [0.1, 0.15) is 0 Å². The number of unbranched alkanes of at least 4 members (excludes halogenated alkanes) is 1. The first-order chi connectivity index (χ1) is 16.5. The summed E-state index contributed by atoms with van der Waals surface area (Å²) in [4.78, 5) is 32.4. The predicted molar refractivity (Wildman–Crippen MR) is 141 cm³/mol. The molecule has 4 rings (SSSR count). The molecule has 0 radical (unpaired) electrons. The number of aromatic nitrogens is 3. The van der Waals surface area contributed by atoms with E-state index in [1.165, 1.54) is 5.56 Å². The number of rotatable bonds is 8. The van der Waals surface area contributed by atoms with Gasteiger partial charge in [-0.3, -0.25) is 9.59 Å². The number of aromatic amines is 1. The lowest BCUT2D eigenvalue weighted by Crippen LogP contribution is -2.28. The van der Waals surface area contributed by atoms with Crippen LogP contribution in [0.3, 0.4) is 0 Å². The Morgan fingerprint density at radius 3 is 2.62 bits per heavy atom. The smallest absolute Gasteiger partial charge is 0.232 e. The normalized spacial score (nSPS) is 10.4. The van der Waals surface area contributed by atoms with Gasteiger partial charge in [-0.25, -0.2) is 4.98 Å². The first kappa shape index (κ1) is 25.1. The standard InChI is InChI=1S/C18H23N3O2S.C8H8N2/c1-20(18(23)14-24)11-5-4-10-17(22)19-15-8-2-3-9-16(15)21-12-6-7-13-21;1-6-2-3-7-8(4-6)10-5-9-7/h2-3,6-9,12-13,24H,4-5,10-11,14H2,1H3,(H,19,22);2-5H,1H3,(H,9,10). The van der Waals surface area contributed by atoms with E-state index >= 15 is 0 Å². The van der Waals surface area contributed by atoms with Gasteiger partial charge >= 0.3 is 0 Å². The van der Waals surface area contributed by atoms with Crippen LogP contribution in [0.1, 0.15) is 24.8 Å². The first-order valence-electron chi connectivity index (χ1n) is 11.2. The lowest BCUT2D eigenvalue weighted by atomic mass is 10.2. The van der Waals surface area contributed by atoms with Crippen LogP contribution in [0.5, 0.6) is 0 Å². The second kappa shape index (κ2) is 12.6. The lowest BCUT2D eigenvalue weighted by molar-refractivity contribution is -0.127. The molecule has 2 aromatic heterocycles. The average Bonchev–Trinajstić information content (AvgIpc) is 3.54. The van der Waals surface area contributed by atoms with Crippen LogP contribution in [0, 0.1) is 6.92 Å². The Hall–Kier alpha value is -3.52. The third-order valence-corrected chi connectivity index (χ3v) is 5.62. The summed E-state index contributed by atoms with van der Waals surface area (Å²) in [7, 11) is 1.76. The van der Waals surface area contributed by atoms with Crippen LogP contribution in [0.15, 0.2) is 73.3 Å². The van der Waals surface area contributed by atoms with Crippen molar-refractivity contribution >= 4 is 41.2 Å². The molecule has 2 amide bonds. The SMILES string of the molecule is CN(CCCCC(=O)Nc1ccccc1-n1cccc1)C(=O)CS.Cc1ccc2nc[nH]c2c1. The molecule has 0 saturated carbocycles. The van der Waals surface area contributed by atoms with E-state index in [2.05, 4.69) is 47.0 Å². The second-order valence-electron chi connectivity index (χ2n) is 8.01. The first-order valence-corrected chi connectivity index (χ1v) is 11.9. The summed E-state index contributed by atoms with van der Waals surface area (Å²) in [5, 5.41) is 2.97. The van der Waals surface area contributed by atoms with Crippen LogP contribution in [0.4, 0.5) is 5.69 Å². The summed E-state index contributed by atoms with van der Waals surface area (Å²) in [5.74, 6) is 0.203. The van der Waals surface area contributed by atoms with Crippen LogP contribution in [0.2, 0.25) is 0 Å². The number of fused-ring (bicyclic) bond motifs is 1. The highest BCUT2D eigenvalue weighted by Gasteiger charge is 2.09. The van der Waals surface area contributed by atoms with E-state index in [-0.39, 0.29) is 17.6 Å². The number of carbonyl (C=O) groups excluding carboxylic acids is 2. The van der Waals surface area contributed by atoms with Crippen LogP contribution in [-0.2, 0) is 9.59 Å². The van der Waals surface area contributed by atoms with E-state index in [0.29, 0.717) is 13.0 Å². The number of hydrogen-bond acceptors (Lipinski definition) is 4. The fraction of sp³-hybridized carbons (Fsp3) is 0.269. The van der Waals surface area contributed by atoms with Crippen LogP contribution in [0.25, 0.3) is 16.7 Å². The molecule has 0 unspecified atom stereocenters. The number of carbonyl (C=O) groups is 2. The van der Waals surface area contributed by atoms with Gasteiger partial charge in [0.15, 0.2) is 0 Å². The van der Waals surface area contributed by atoms with E-state index in [9.17, 15) is 9.59 Å². The van der Waals surface area contributed by atoms with Gasteiger partial charge in [-0.2, -0.15) is 12.6 Å². The predicted octanol–water partition coefficient (Wildman–Crippen LogP) is 4.85. The summed E-state index contributed by atoms with van der Waals surface area (Å²) < 4.78 is 1.97. The summed E-state index contributed by atoms with van der Waals surface area (Å²) in [6.45, 7) is 2.72. The van der Waals surface area contributed by atoms with E-state index < -0.39 is 0 Å². The van der Waals surface area contributed by atoms with Gasteiger partial charge in [0.2, 0.25) is 11.8 Å². The third-order valence-electron chi connectivity index (χ3n) is 5.34. The molecule has 0 aliphatic rings. The maximum absolute atomic E-state index is 12.2. The molecule has 7 nitrogen and oxygen atoms in total. The Labute approximate surface area is 205 Å². The van der Waals surface area contributed by atoms with Gasteiger partial charge in [0, 0.05) is 32.4 Å². The van der Waals surface area contributed by atoms with E-state index in [1.54, 1.807) is 18.3 Å². The number of anilines is 1. The number of nitrogens with one attached hydrogen (secondary N) is 2. The Bertz CT molecular complexity index is 1200. The molecular weight excluding hydrogens is 446 g/mol. The lowest BCUT2D eigenvalue weighted by Gasteiger charge is -2.15. The quantitative estimate of drug-likeness (QED) is 0.251. The zero-order valence-corrected chi connectivity index (χ0v) is 20.5. The summed E-state index contributed by atoms with van der Waals surface area (Å²) in [6.07, 6.45) is 7.57. The van der Waals surface area contributed by atoms with Crippen LogP contribution < -0.4 is 5.32 Å². The van der Waals surface area contributed by atoms with Gasteiger partial charge in [-0.05, 0) is 61.7 Å². The Kier molecular flexibility index (Phi) is 9.34. The maximum atomic E-state index is 12.2. The summed E-state index contributed by atoms with van der Waals surface area (Å²) in [6, 6.07) is 17.8. The van der Waals surface area contributed by atoms with Gasteiger partial charge in [-0.15, -0.1) is 0 Å². The molecule has 2 heterocycles. The number of thiol groups is 1. The molecule has 34 heavy (non-hydrogen) atoms. The van der Waals surface area contributed by atoms with E-state index in [1.807, 2.05) is 59.4 Å². The molecule has 8 heteroatoms. The number of imidazole rings is 1. The fourth-order valence-electron chi connectivity index (χ4n) is 3.44. The molecule has 178 valence electrons. The highest BCUT2D eigenvalue weighted by atomic mass is 32.1. The number of benzene rings is 2. The summed E-state index contributed by atoms with van der Waals surface area (Å²) in [5.41, 5.74) is 5.14. The molecule has 4 aromatic rings. The molecule has 0 aliphatic carbocycles. The third kappa shape index (κ3) is 7.25. The van der Waals surface area contributed by atoms with Crippen LogP contribution >= 0.6 is 12.6 Å². The van der Waals surface area contributed by atoms with Gasteiger partial charge in [-0.1, -0.05) is 18.2 Å². The molecule has 0 bridgehead atoms. The minimum atomic E-state index is -0.0159. The van der Waals surface area contributed by atoms with Crippen molar-refractivity contribution in [2.24, 2.45) is 0 Å². The zero-order chi connectivity index (χ0) is 24.3. The fourth-order valence-corrected chi connectivity index (χ4v) is 3.68. The summed E-state index contributed by atoms with van der Waals surface area (Å²) >= 11 is 3.97. The Balaban J connectivity index is 0.000000266. The van der Waals surface area contributed by atoms with Crippen LogP contribution in [-0.4, -0.2) is 50.6 Å². The van der Waals surface area contributed by atoms with Crippen molar-refractivity contribution in [3.05, 3.63) is 78.9 Å². The van der Waals surface area contributed by atoms with Crippen molar-refractivity contribution in [3.63, 3.8) is 0 Å². The van der Waals surface area contributed by atoms with Crippen molar-refractivity contribution in [1.82, 2.24) is 19.4 Å². The number of para-hydroxylation sites is 2. The topological polar surface area (TPSA) is 83.0 Å². The second-order valence-corrected chi connectivity index (χ2v) is 8.33. The number of amides is 2. The van der Waals surface area contributed by atoms with Gasteiger partial charge in [0.25, 0.3) is 0 Å². The van der Waals surface area contributed by atoms with Crippen molar-refractivity contribution in [3.8, 4) is 5.69 Å². The number of hydrogen-bond donors (Lipinski definition) is 3. The van der Waals surface area contributed by atoms with Crippen molar-refractivity contribution in [2.45, 2.75) is 26.2 Å². The molecule has 0 saturated heterocycles. The van der Waals surface area contributed by atoms with Crippen molar-refractivity contribution in [2.75, 3.05) is 24.7 Å². The van der Waals surface area contributed by atoms with Crippen molar-refractivity contribution in [1.29, 1.82) is 0 Å². The molecule has 2 aromatic carbocycles. The van der Waals surface area contributed by atoms with Crippen molar-refractivity contribution < 1.29 is 9.59 Å². The zero-order valence-electron chi connectivity index (χ0n) is 19.6. The highest BCUT2D eigenvalue weighted by molar-refractivity contribution is 7.81. The van der Waals surface area contributed by atoms with Gasteiger partial charge in [0.05, 0.1) is 34.5 Å². The highest BCUT2D eigenvalue weighted by Crippen LogP contribution is 2.20. The Morgan fingerprint density at radius 2 is 1.85 bits per heavy atom. The number of nitrogens with zero attached hydrogens (tertiary/aromatic N) is 3. The monoisotopic (exact) mass is 477 g/mol. The Morgan fingerprint density at radius 1 is 1.09 bits per heavy atom.